The fourth-order valence-electron chi connectivity index (χ4n) is 2.68. The second kappa shape index (κ2) is 17.7. The molecule has 0 aliphatic rings. The van der Waals surface area contributed by atoms with E-state index < -0.39 is 0 Å². The smallest absolute Gasteiger partial charge is 0.135 e. The van der Waals surface area contributed by atoms with E-state index in [2.05, 4.69) is 6.92 Å². The summed E-state index contributed by atoms with van der Waals surface area (Å²) in [5.41, 5.74) is 0. The third kappa shape index (κ3) is 17.6. The molecule has 0 amide bonds. The zero-order valence-electron chi connectivity index (χ0n) is 14.6. The summed E-state index contributed by atoms with van der Waals surface area (Å²) in [7, 11) is 1.65. The van der Waals surface area contributed by atoms with Gasteiger partial charge in [-0.05, 0) is 6.42 Å². The Bertz CT molecular complexity index is 214. The predicted octanol–water partition coefficient (Wildman–Crippen LogP) is 6.07. The maximum atomic E-state index is 11.4. The number of rotatable bonds is 17. The standard InChI is InChI=1S/C19H38O2/c1-3-4-5-6-7-8-9-10-11-12-13-14-15-16-19(20)17-18-21-2/h3-18H2,1-2H3. The number of hydrogen-bond acceptors (Lipinski definition) is 2. The second-order valence-corrected chi connectivity index (χ2v) is 6.27. The van der Waals surface area contributed by atoms with Gasteiger partial charge in [0.2, 0.25) is 0 Å². The minimum Gasteiger partial charge on any atom is -0.384 e. The highest BCUT2D eigenvalue weighted by atomic mass is 16.5. The first-order valence-corrected chi connectivity index (χ1v) is 9.32. The molecular formula is C19H38O2. The summed E-state index contributed by atoms with van der Waals surface area (Å²) < 4.78 is 4.91. The van der Waals surface area contributed by atoms with Gasteiger partial charge in [-0.1, -0.05) is 84.0 Å². The Morgan fingerprint density at radius 1 is 0.667 bits per heavy atom. The molecule has 0 saturated carbocycles. The maximum Gasteiger partial charge on any atom is 0.135 e. The number of Topliss-reactive ketones (excluding diaryl/α,β-unsaturated/α-hetero) is 1. The van der Waals surface area contributed by atoms with Gasteiger partial charge in [-0.25, -0.2) is 0 Å². The van der Waals surface area contributed by atoms with Gasteiger partial charge in [0.15, 0.2) is 0 Å². The number of ketones is 1. The van der Waals surface area contributed by atoms with E-state index in [-0.39, 0.29) is 0 Å². The molecule has 2 heteroatoms. The fraction of sp³-hybridized carbons (Fsp3) is 0.947. The quantitative estimate of drug-likeness (QED) is 0.304. The third-order valence-electron chi connectivity index (χ3n) is 4.14. The lowest BCUT2D eigenvalue weighted by Crippen LogP contribution is -2.02. The van der Waals surface area contributed by atoms with Crippen LogP contribution in [0.3, 0.4) is 0 Å². The van der Waals surface area contributed by atoms with Crippen molar-refractivity contribution >= 4 is 5.78 Å². The van der Waals surface area contributed by atoms with Crippen LogP contribution in [-0.2, 0) is 9.53 Å². The van der Waals surface area contributed by atoms with Gasteiger partial charge in [-0.15, -0.1) is 0 Å². The Morgan fingerprint density at radius 2 is 1.10 bits per heavy atom. The van der Waals surface area contributed by atoms with Crippen molar-refractivity contribution in [1.29, 1.82) is 0 Å². The zero-order valence-corrected chi connectivity index (χ0v) is 14.6. The molecule has 0 rings (SSSR count). The van der Waals surface area contributed by atoms with Gasteiger partial charge < -0.3 is 4.74 Å². The molecule has 126 valence electrons. The van der Waals surface area contributed by atoms with Crippen LogP contribution in [0.1, 0.15) is 103 Å². The van der Waals surface area contributed by atoms with Crippen LogP contribution < -0.4 is 0 Å². The van der Waals surface area contributed by atoms with Crippen LogP contribution in [0.2, 0.25) is 0 Å². The molecule has 2 nitrogen and oxygen atoms in total. The molecule has 21 heavy (non-hydrogen) atoms. The van der Waals surface area contributed by atoms with Gasteiger partial charge in [-0.2, -0.15) is 0 Å². The monoisotopic (exact) mass is 298 g/mol. The number of carbonyl (C=O) groups excluding carboxylic acids is 1. The Kier molecular flexibility index (Phi) is 17.4. The molecule has 0 aromatic carbocycles. The number of unbranched alkanes of at least 4 members (excludes halogenated alkanes) is 12. The summed E-state index contributed by atoms with van der Waals surface area (Å²) in [5, 5.41) is 0. The van der Waals surface area contributed by atoms with E-state index in [4.69, 9.17) is 4.74 Å². The van der Waals surface area contributed by atoms with Crippen molar-refractivity contribution < 1.29 is 9.53 Å². The van der Waals surface area contributed by atoms with E-state index in [1.807, 2.05) is 0 Å². The van der Waals surface area contributed by atoms with Crippen LogP contribution in [0.5, 0.6) is 0 Å². The molecule has 0 aromatic rings. The highest BCUT2D eigenvalue weighted by Crippen LogP contribution is 2.13. The number of methoxy groups -OCH3 is 1. The molecule has 0 spiro atoms. The Morgan fingerprint density at radius 3 is 1.52 bits per heavy atom. The summed E-state index contributed by atoms with van der Waals surface area (Å²) in [6.45, 7) is 2.85. The lowest BCUT2D eigenvalue weighted by atomic mass is 10.0. The van der Waals surface area contributed by atoms with Gasteiger partial charge in [0, 0.05) is 20.0 Å². The van der Waals surface area contributed by atoms with Crippen molar-refractivity contribution in [2.45, 2.75) is 103 Å². The molecule has 0 aliphatic carbocycles. The summed E-state index contributed by atoms with van der Waals surface area (Å²) in [5.74, 6) is 0.361. The van der Waals surface area contributed by atoms with E-state index in [0.29, 0.717) is 18.8 Å². The molecule has 0 unspecified atom stereocenters. The number of hydrogen-bond donors (Lipinski definition) is 0. The van der Waals surface area contributed by atoms with E-state index in [1.165, 1.54) is 77.0 Å². The first kappa shape index (κ1) is 20.6. The highest BCUT2D eigenvalue weighted by molar-refractivity contribution is 5.78. The SMILES string of the molecule is CCCCCCCCCCCCCCCC(=O)CCOC. The van der Waals surface area contributed by atoms with Crippen LogP contribution in [-0.4, -0.2) is 19.5 Å². The lowest BCUT2D eigenvalue weighted by molar-refractivity contribution is -0.120. The molecule has 0 aliphatic heterocycles. The summed E-state index contributed by atoms with van der Waals surface area (Å²) in [6, 6.07) is 0. The van der Waals surface area contributed by atoms with Crippen molar-refractivity contribution in [2.24, 2.45) is 0 Å². The van der Waals surface area contributed by atoms with Crippen molar-refractivity contribution in [1.82, 2.24) is 0 Å². The van der Waals surface area contributed by atoms with Crippen molar-refractivity contribution in [3.8, 4) is 0 Å². The Hall–Kier alpha value is -0.370. The molecule has 0 bridgehead atoms. The molecule has 0 fully saturated rings. The van der Waals surface area contributed by atoms with E-state index in [1.54, 1.807) is 7.11 Å². The first-order valence-electron chi connectivity index (χ1n) is 9.32. The van der Waals surface area contributed by atoms with Gasteiger partial charge in [-0.3, -0.25) is 4.79 Å². The van der Waals surface area contributed by atoms with Gasteiger partial charge >= 0.3 is 0 Å². The zero-order chi connectivity index (χ0) is 15.6. The van der Waals surface area contributed by atoms with Gasteiger partial charge in [0.25, 0.3) is 0 Å². The normalized spacial score (nSPS) is 11.0. The first-order chi connectivity index (χ1) is 10.3. The van der Waals surface area contributed by atoms with Crippen molar-refractivity contribution in [3.05, 3.63) is 0 Å². The molecule has 0 saturated heterocycles. The third-order valence-corrected chi connectivity index (χ3v) is 4.14. The lowest BCUT2D eigenvalue weighted by Gasteiger charge is -2.03. The van der Waals surface area contributed by atoms with Crippen LogP contribution in [0.25, 0.3) is 0 Å². The summed E-state index contributed by atoms with van der Waals surface area (Å²) in [6.07, 6.45) is 19.0. The number of ether oxygens (including phenoxy) is 1. The number of carbonyl (C=O) groups is 1. The molecule has 0 atom stereocenters. The van der Waals surface area contributed by atoms with E-state index in [9.17, 15) is 4.79 Å². The Labute approximate surface area is 133 Å². The average Bonchev–Trinajstić information content (AvgIpc) is 2.49. The molecule has 0 N–H and O–H groups in total. The van der Waals surface area contributed by atoms with Gasteiger partial charge in [0.1, 0.15) is 5.78 Å². The van der Waals surface area contributed by atoms with E-state index >= 15 is 0 Å². The van der Waals surface area contributed by atoms with Crippen LogP contribution in [0.15, 0.2) is 0 Å². The maximum absolute atomic E-state index is 11.4. The topological polar surface area (TPSA) is 26.3 Å². The minimum absolute atomic E-state index is 0.361. The van der Waals surface area contributed by atoms with Crippen molar-refractivity contribution in [2.75, 3.05) is 13.7 Å². The minimum atomic E-state index is 0.361. The summed E-state index contributed by atoms with van der Waals surface area (Å²) in [4.78, 5) is 11.4. The fourth-order valence-corrected chi connectivity index (χ4v) is 2.68. The van der Waals surface area contributed by atoms with E-state index in [0.717, 1.165) is 12.8 Å². The summed E-state index contributed by atoms with van der Waals surface area (Å²) >= 11 is 0. The largest absolute Gasteiger partial charge is 0.384 e. The van der Waals surface area contributed by atoms with Gasteiger partial charge in [0.05, 0.1) is 6.61 Å². The second-order valence-electron chi connectivity index (χ2n) is 6.27. The predicted molar refractivity (Wildman–Crippen MR) is 91.8 cm³/mol. The molecule has 0 heterocycles. The molecular weight excluding hydrogens is 260 g/mol. The Balaban J connectivity index is 3.04. The highest BCUT2D eigenvalue weighted by Gasteiger charge is 2.01. The van der Waals surface area contributed by atoms with Crippen LogP contribution in [0.4, 0.5) is 0 Å². The van der Waals surface area contributed by atoms with Crippen LogP contribution in [0, 0.1) is 0 Å². The van der Waals surface area contributed by atoms with Crippen molar-refractivity contribution in [3.63, 3.8) is 0 Å². The molecule has 0 aromatic heterocycles. The van der Waals surface area contributed by atoms with Crippen LogP contribution >= 0.6 is 0 Å². The molecule has 0 radical (unpaired) electrons. The average molecular weight is 299 g/mol.